The summed E-state index contributed by atoms with van der Waals surface area (Å²) in [6.07, 6.45) is 0. The number of rotatable bonds is 4. The molecule has 1 fully saturated rings. The molecule has 2 N–H and O–H groups in total. The maximum Gasteiger partial charge on any atom is 0.229 e. The van der Waals surface area contributed by atoms with Crippen molar-refractivity contribution in [3.05, 3.63) is 35.9 Å². The monoisotopic (exact) mass is 291 g/mol. The molecule has 0 saturated carbocycles. The van der Waals surface area contributed by atoms with Crippen LogP contribution in [0.1, 0.15) is 18.4 Å². The summed E-state index contributed by atoms with van der Waals surface area (Å²) < 4.78 is 0. The molecule has 5 heteroatoms. The lowest BCUT2D eigenvalue weighted by atomic mass is 9.99. The topological polar surface area (TPSA) is 49.6 Å². The van der Waals surface area contributed by atoms with E-state index in [9.17, 15) is 4.79 Å². The first kappa shape index (κ1) is 14.9. The lowest BCUT2D eigenvalue weighted by molar-refractivity contribution is -0.134. The van der Waals surface area contributed by atoms with Gasteiger partial charge in [-0.05, 0) is 12.5 Å². The average molecular weight is 291 g/mol. The zero-order valence-corrected chi connectivity index (χ0v) is 12.6. The number of benzene rings is 1. The minimum absolute atomic E-state index is 0.0849. The standard InChI is InChI=1S/C15H21N3OS/c1-12(13-5-3-2-4-6-13)15(19)18-9-7-17(8-10-18)11-14(16)20/h2-6,12H,7-11H2,1H3,(H2,16,20). The number of thiocarbonyl (C=S) groups is 1. The second-order valence-corrected chi connectivity index (χ2v) is 5.72. The number of nitrogens with two attached hydrogens (primary N) is 1. The van der Waals surface area contributed by atoms with E-state index >= 15 is 0 Å². The Kier molecular flexibility index (Phi) is 5.09. The van der Waals surface area contributed by atoms with E-state index in [1.54, 1.807) is 0 Å². The fourth-order valence-electron chi connectivity index (χ4n) is 2.50. The molecule has 1 atom stereocenters. The fourth-order valence-corrected chi connectivity index (χ4v) is 2.69. The first-order valence-electron chi connectivity index (χ1n) is 6.92. The van der Waals surface area contributed by atoms with Crippen molar-refractivity contribution in [2.45, 2.75) is 12.8 Å². The van der Waals surface area contributed by atoms with Gasteiger partial charge in [-0.1, -0.05) is 42.5 Å². The van der Waals surface area contributed by atoms with Crippen LogP contribution in [0.5, 0.6) is 0 Å². The average Bonchev–Trinajstić information content (AvgIpc) is 2.47. The van der Waals surface area contributed by atoms with E-state index in [0.29, 0.717) is 11.5 Å². The van der Waals surface area contributed by atoms with Gasteiger partial charge in [0, 0.05) is 32.7 Å². The van der Waals surface area contributed by atoms with Crippen LogP contribution in [0.2, 0.25) is 0 Å². The van der Waals surface area contributed by atoms with Gasteiger partial charge in [-0.25, -0.2) is 0 Å². The third-order valence-electron chi connectivity index (χ3n) is 3.73. The highest BCUT2D eigenvalue weighted by Gasteiger charge is 2.25. The molecule has 1 aliphatic rings. The van der Waals surface area contributed by atoms with Crippen molar-refractivity contribution < 1.29 is 4.79 Å². The van der Waals surface area contributed by atoms with Gasteiger partial charge >= 0.3 is 0 Å². The highest BCUT2D eigenvalue weighted by Crippen LogP contribution is 2.18. The van der Waals surface area contributed by atoms with Gasteiger partial charge in [-0.3, -0.25) is 9.69 Å². The van der Waals surface area contributed by atoms with Crippen LogP contribution in [0.3, 0.4) is 0 Å². The Balaban J connectivity index is 1.90. The van der Waals surface area contributed by atoms with Crippen LogP contribution >= 0.6 is 12.2 Å². The molecule has 1 unspecified atom stereocenters. The number of carbonyl (C=O) groups is 1. The Hall–Kier alpha value is -1.46. The molecular weight excluding hydrogens is 270 g/mol. The number of hydrogen-bond acceptors (Lipinski definition) is 3. The third kappa shape index (κ3) is 3.77. The second kappa shape index (κ2) is 6.81. The summed E-state index contributed by atoms with van der Waals surface area (Å²) in [5, 5.41) is 0. The zero-order valence-electron chi connectivity index (χ0n) is 11.8. The van der Waals surface area contributed by atoms with Crippen molar-refractivity contribution in [1.29, 1.82) is 0 Å². The molecule has 4 nitrogen and oxygen atoms in total. The molecule has 0 radical (unpaired) electrons. The maximum atomic E-state index is 12.5. The molecule has 0 aromatic heterocycles. The molecule has 0 spiro atoms. The second-order valence-electron chi connectivity index (χ2n) is 5.20. The number of carbonyl (C=O) groups excluding carboxylic acids is 1. The zero-order chi connectivity index (χ0) is 14.5. The molecule has 1 aliphatic heterocycles. The van der Waals surface area contributed by atoms with E-state index in [2.05, 4.69) is 4.90 Å². The summed E-state index contributed by atoms with van der Waals surface area (Å²) in [5.74, 6) is 0.115. The van der Waals surface area contributed by atoms with Crippen LogP contribution in [0.25, 0.3) is 0 Å². The minimum atomic E-state index is -0.0849. The first-order valence-corrected chi connectivity index (χ1v) is 7.33. The van der Waals surface area contributed by atoms with Gasteiger partial charge in [-0.2, -0.15) is 0 Å². The van der Waals surface area contributed by atoms with E-state index < -0.39 is 0 Å². The van der Waals surface area contributed by atoms with Crippen LogP contribution < -0.4 is 5.73 Å². The summed E-state index contributed by atoms with van der Waals surface area (Å²) in [6.45, 7) is 5.79. The largest absolute Gasteiger partial charge is 0.392 e. The molecule has 20 heavy (non-hydrogen) atoms. The molecule has 1 amide bonds. The van der Waals surface area contributed by atoms with Crippen molar-refractivity contribution in [1.82, 2.24) is 9.80 Å². The molecule has 2 rings (SSSR count). The summed E-state index contributed by atoms with van der Waals surface area (Å²) in [4.78, 5) is 17.1. The predicted molar refractivity (Wildman–Crippen MR) is 84.7 cm³/mol. The van der Waals surface area contributed by atoms with Crippen molar-refractivity contribution in [2.75, 3.05) is 32.7 Å². The Bertz CT molecular complexity index is 469. The van der Waals surface area contributed by atoms with Crippen LogP contribution in [-0.4, -0.2) is 53.4 Å². The Morgan fingerprint density at radius 3 is 2.40 bits per heavy atom. The molecule has 1 heterocycles. The number of piperazine rings is 1. The van der Waals surface area contributed by atoms with Gasteiger partial charge in [0.2, 0.25) is 5.91 Å². The van der Waals surface area contributed by atoms with Crippen LogP contribution in [0, 0.1) is 0 Å². The summed E-state index contributed by atoms with van der Waals surface area (Å²) in [7, 11) is 0. The summed E-state index contributed by atoms with van der Waals surface area (Å²) in [5.41, 5.74) is 6.62. The van der Waals surface area contributed by atoms with Crippen molar-refractivity contribution in [3.8, 4) is 0 Å². The van der Waals surface area contributed by atoms with Gasteiger partial charge in [-0.15, -0.1) is 0 Å². The Morgan fingerprint density at radius 2 is 1.85 bits per heavy atom. The Morgan fingerprint density at radius 1 is 1.25 bits per heavy atom. The summed E-state index contributed by atoms with van der Waals surface area (Å²) >= 11 is 4.92. The van der Waals surface area contributed by atoms with Gasteiger partial charge in [0.15, 0.2) is 0 Å². The van der Waals surface area contributed by atoms with Crippen molar-refractivity contribution in [2.24, 2.45) is 5.73 Å². The summed E-state index contributed by atoms with van der Waals surface area (Å²) in [6, 6.07) is 9.92. The van der Waals surface area contributed by atoms with Crippen molar-refractivity contribution in [3.63, 3.8) is 0 Å². The molecule has 1 aromatic carbocycles. The first-order chi connectivity index (χ1) is 9.58. The minimum Gasteiger partial charge on any atom is -0.392 e. The van der Waals surface area contributed by atoms with E-state index in [1.807, 2.05) is 42.2 Å². The smallest absolute Gasteiger partial charge is 0.229 e. The lowest BCUT2D eigenvalue weighted by Gasteiger charge is -2.35. The molecule has 1 saturated heterocycles. The highest BCUT2D eigenvalue weighted by molar-refractivity contribution is 7.80. The van der Waals surface area contributed by atoms with E-state index in [0.717, 1.165) is 31.7 Å². The van der Waals surface area contributed by atoms with Crippen LogP contribution in [-0.2, 0) is 4.79 Å². The quantitative estimate of drug-likeness (QED) is 0.848. The maximum absolute atomic E-state index is 12.5. The van der Waals surface area contributed by atoms with Crippen LogP contribution in [0.15, 0.2) is 30.3 Å². The van der Waals surface area contributed by atoms with Gasteiger partial charge in [0.25, 0.3) is 0 Å². The molecular formula is C15H21N3OS. The predicted octanol–water partition coefficient (Wildman–Crippen LogP) is 1.22. The van der Waals surface area contributed by atoms with Crippen molar-refractivity contribution >= 4 is 23.1 Å². The normalized spacial score (nSPS) is 17.8. The van der Waals surface area contributed by atoms with E-state index in [4.69, 9.17) is 18.0 Å². The molecule has 0 aliphatic carbocycles. The van der Waals surface area contributed by atoms with E-state index in [-0.39, 0.29) is 11.8 Å². The Labute approximate surface area is 125 Å². The molecule has 1 aromatic rings. The lowest BCUT2D eigenvalue weighted by Crippen LogP contribution is -2.51. The van der Waals surface area contributed by atoms with Crippen LogP contribution in [0.4, 0.5) is 0 Å². The molecule has 108 valence electrons. The number of amides is 1. The highest BCUT2D eigenvalue weighted by atomic mass is 32.1. The number of hydrogen-bond donors (Lipinski definition) is 1. The SMILES string of the molecule is CC(C(=O)N1CCN(CC(N)=S)CC1)c1ccccc1. The molecule has 0 bridgehead atoms. The van der Waals surface area contributed by atoms with Gasteiger partial charge in [0.05, 0.1) is 10.9 Å². The third-order valence-corrected chi connectivity index (χ3v) is 3.86. The van der Waals surface area contributed by atoms with E-state index in [1.165, 1.54) is 0 Å². The number of nitrogens with zero attached hydrogens (tertiary/aromatic N) is 2. The van der Waals surface area contributed by atoms with Gasteiger partial charge in [0.1, 0.15) is 0 Å². The fraction of sp³-hybridized carbons (Fsp3) is 0.467. The van der Waals surface area contributed by atoms with Gasteiger partial charge < -0.3 is 10.6 Å².